The van der Waals surface area contributed by atoms with Gasteiger partial charge in [0.05, 0.1) is 20.3 Å². The summed E-state index contributed by atoms with van der Waals surface area (Å²) in [4.78, 5) is 0. The predicted molar refractivity (Wildman–Crippen MR) is 68.9 cm³/mol. The van der Waals surface area contributed by atoms with Crippen LogP contribution in [-0.2, 0) is 6.54 Å². The SMILES string of the molecule is COc1ccc(-c2c(C#N)nnn2CC#N)cc1OC. The molecule has 0 aliphatic rings. The molecular formula is C13H11N5O2. The zero-order chi connectivity index (χ0) is 14.5. The summed E-state index contributed by atoms with van der Waals surface area (Å²) in [6, 6.07) is 9.14. The highest BCUT2D eigenvalue weighted by molar-refractivity contribution is 5.68. The Morgan fingerprint density at radius 3 is 2.55 bits per heavy atom. The van der Waals surface area contributed by atoms with E-state index in [2.05, 4.69) is 10.3 Å². The minimum absolute atomic E-state index is 0.0123. The van der Waals surface area contributed by atoms with Crippen molar-refractivity contribution in [3.8, 4) is 34.9 Å². The van der Waals surface area contributed by atoms with Crippen LogP contribution < -0.4 is 9.47 Å². The first-order chi connectivity index (χ1) is 9.74. The van der Waals surface area contributed by atoms with E-state index >= 15 is 0 Å². The average Bonchev–Trinajstić information content (AvgIpc) is 2.89. The molecular weight excluding hydrogens is 258 g/mol. The summed E-state index contributed by atoms with van der Waals surface area (Å²) in [6.07, 6.45) is 0. The molecule has 0 fully saturated rings. The van der Waals surface area contributed by atoms with Crippen molar-refractivity contribution in [2.45, 2.75) is 6.54 Å². The van der Waals surface area contributed by atoms with Crippen LogP contribution in [0.15, 0.2) is 18.2 Å². The van der Waals surface area contributed by atoms with Crippen molar-refractivity contribution in [2.24, 2.45) is 0 Å². The Labute approximate surface area is 115 Å². The van der Waals surface area contributed by atoms with Gasteiger partial charge in [0.15, 0.2) is 17.2 Å². The summed E-state index contributed by atoms with van der Waals surface area (Å²) in [5, 5.41) is 25.4. The number of nitrogens with zero attached hydrogens (tertiary/aromatic N) is 5. The van der Waals surface area contributed by atoms with Gasteiger partial charge in [-0.1, -0.05) is 5.21 Å². The molecule has 100 valence electrons. The van der Waals surface area contributed by atoms with Crippen molar-refractivity contribution in [3.63, 3.8) is 0 Å². The zero-order valence-corrected chi connectivity index (χ0v) is 11.0. The monoisotopic (exact) mass is 269 g/mol. The molecule has 0 N–H and O–H groups in total. The summed E-state index contributed by atoms with van der Waals surface area (Å²) in [7, 11) is 3.07. The van der Waals surface area contributed by atoms with Crippen molar-refractivity contribution >= 4 is 0 Å². The van der Waals surface area contributed by atoms with Crippen LogP contribution in [0, 0.1) is 22.7 Å². The number of methoxy groups -OCH3 is 2. The molecule has 2 aromatic rings. The molecule has 20 heavy (non-hydrogen) atoms. The van der Waals surface area contributed by atoms with Crippen molar-refractivity contribution in [3.05, 3.63) is 23.9 Å². The fourth-order valence-electron chi connectivity index (χ4n) is 1.84. The average molecular weight is 269 g/mol. The highest BCUT2D eigenvalue weighted by atomic mass is 16.5. The highest BCUT2D eigenvalue weighted by Crippen LogP contribution is 2.32. The smallest absolute Gasteiger partial charge is 0.190 e. The molecule has 7 nitrogen and oxygen atoms in total. The number of hydrogen-bond acceptors (Lipinski definition) is 6. The third-order valence-corrected chi connectivity index (χ3v) is 2.72. The van der Waals surface area contributed by atoms with Crippen molar-refractivity contribution < 1.29 is 9.47 Å². The second-order valence-electron chi connectivity index (χ2n) is 3.78. The number of aromatic nitrogens is 3. The minimum Gasteiger partial charge on any atom is -0.493 e. The van der Waals surface area contributed by atoms with E-state index in [0.29, 0.717) is 22.8 Å². The Morgan fingerprint density at radius 2 is 1.95 bits per heavy atom. The zero-order valence-electron chi connectivity index (χ0n) is 11.0. The fraction of sp³-hybridized carbons (Fsp3) is 0.231. The lowest BCUT2D eigenvalue weighted by atomic mass is 10.1. The number of rotatable bonds is 4. The molecule has 1 aromatic carbocycles. The van der Waals surface area contributed by atoms with E-state index < -0.39 is 0 Å². The van der Waals surface area contributed by atoms with Crippen LogP contribution >= 0.6 is 0 Å². The molecule has 0 radical (unpaired) electrons. The highest BCUT2D eigenvalue weighted by Gasteiger charge is 2.16. The largest absolute Gasteiger partial charge is 0.493 e. The maximum absolute atomic E-state index is 9.08. The fourth-order valence-corrected chi connectivity index (χ4v) is 1.84. The van der Waals surface area contributed by atoms with Crippen LogP contribution in [0.4, 0.5) is 0 Å². The quantitative estimate of drug-likeness (QED) is 0.831. The second-order valence-corrected chi connectivity index (χ2v) is 3.78. The minimum atomic E-state index is 0.0123. The number of nitriles is 2. The molecule has 1 aromatic heterocycles. The summed E-state index contributed by atoms with van der Waals surface area (Å²) in [6.45, 7) is 0.0123. The molecule has 7 heteroatoms. The van der Waals surface area contributed by atoms with Gasteiger partial charge in [-0.05, 0) is 18.2 Å². The van der Waals surface area contributed by atoms with Crippen LogP contribution in [0.3, 0.4) is 0 Å². The second kappa shape index (κ2) is 5.72. The lowest BCUT2D eigenvalue weighted by Gasteiger charge is -2.09. The van der Waals surface area contributed by atoms with Crippen LogP contribution in [-0.4, -0.2) is 29.2 Å². The standard InChI is InChI=1S/C13H11N5O2/c1-19-11-4-3-9(7-12(11)20-2)13-10(8-15)16-17-18(13)6-5-14/h3-4,7H,6H2,1-2H3. The Morgan fingerprint density at radius 1 is 1.20 bits per heavy atom. The van der Waals surface area contributed by atoms with Gasteiger partial charge in [-0.15, -0.1) is 5.10 Å². The molecule has 1 heterocycles. The van der Waals surface area contributed by atoms with Gasteiger partial charge in [-0.2, -0.15) is 10.5 Å². The van der Waals surface area contributed by atoms with E-state index in [9.17, 15) is 0 Å². The van der Waals surface area contributed by atoms with E-state index in [1.807, 2.05) is 12.1 Å². The number of ether oxygens (including phenoxy) is 2. The first-order valence-electron chi connectivity index (χ1n) is 5.68. The summed E-state index contributed by atoms with van der Waals surface area (Å²) >= 11 is 0. The molecule has 0 amide bonds. The van der Waals surface area contributed by atoms with Crippen molar-refractivity contribution in [2.75, 3.05) is 14.2 Å². The molecule has 0 atom stereocenters. The predicted octanol–water partition coefficient (Wildman–Crippen LogP) is 1.36. The van der Waals surface area contributed by atoms with Gasteiger partial charge in [0.2, 0.25) is 0 Å². The van der Waals surface area contributed by atoms with Crippen molar-refractivity contribution in [1.29, 1.82) is 10.5 Å². The van der Waals surface area contributed by atoms with E-state index in [4.69, 9.17) is 20.0 Å². The molecule has 0 unspecified atom stereocenters. The van der Waals surface area contributed by atoms with Gasteiger partial charge < -0.3 is 9.47 Å². The number of hydrogen-bond donors (Lipinski definition) is 0. The third-order valence-electron chi connectivity index (χ3n) is 2.72. The lowest BCUT2D eigenvalue weighted by molar-refractivity contribution is 0.355. The van der Waals surface area contributed by atoms with E-state index in [0.717, 1.165) is 0 Å². The van der Waals surface area contributed by atoms with Crippen LogP contribution in [0.25, 0.3) is 11.3 Å². The Bertz CT molecular complexity index is 709. The van der Waals surface area contributed by atoms with Gasteiger partial charge in [0, 0.05) is 5.56 Å². The molecule has 0 bridgehead atoms. The first-order valence-corrected chi connectivity index (χ1v) is 5.68. The molecule has 0 saturated heterocycles. The summed E-state index contributed by atoms with van der Waals surface area (Å²) in [5.41, 5.74) is 1.32. The number of benzene rings is 1. The molecule has 0 aliphatic carbocycles. The molecule has 0 spiro atoms. The van der Waals surface area contributed by atoms with Gasteiger partial charge in [-0.25, -0.2) is 4.68 Å². The third kappa shape index (κ3) is 2.25. The van der Waals surface area contributed by atoms with E-state index in [-0.39, 0.29) is 12.2 Å². The van der Waals surface area contributed by atoms with Crippen molar-refractivity contribution in [1.82, 2.24) is 15.0 Å². The van der Waals surface area contributed by atoms with Gasteiger partial charge in [0.1, 0.15) is 18.3 Å². The summed E-state index contributed by atoms with van der Waals surface area (Å²) < 4.78 is 11.8. The maximum Gasteiger partial charge on any atom is 0.190 e. The molecule has 2 rings (SSSR count). The lowest BCUT2D eigenvalue weighted by Crippen LogP contribution is -2.01. The van der Waals surface area contributed by atoms with Gasteiger partial charge in [-0.3, -0.25) is 0 Å². The van der Waals surface area contributed by atoms with Crippen LogP contribution in [0.2, 0.25) is 0 Å². The Hall–Kier alpha value is -3.06. The van der Waals surface area contributed by atoms with E-state index in [1.54, 1.807) is 25.3 Å². The Balaban J connectivity index is 2.59. The van der Waals surface area contributed by atoms with Crippen LogP contribution in [0.1, 0.15) is 5.69 Å². The van der Waals surface area contributed by atoms with E-state index in [1.165, 1.54) is 11.8 Å². The molecule has 0 aliphatic heterocycles. The topological polar surface area (TPSA) is 96.8 Å². The van der Waals surface area contributed by atoms with Gasteiger partial charge >= 0.3 is 0 Å². The first kappa shape index (κ1) is 13.4. The molecule has 0 saturated carbocycles. The summed E-state index contributed by atoms with van der Waals surface area (Å²) in [5.74, 6) is 1.10. The normalized spacial score (nSPS) is 9.60. The van der Waals surface area contributed by atoms with Crippen LogP contribution in [0.5, 0.6) is 11.5 Å². The maximum atomic E-state index is 9.08. The Kier molecular flexibility index (Phi) is 3.82. The van der Waals surface area contributed by atoms with Gasteiger partial charge in [0.25, 0.3) is 0 Å².